The molecule has 0 bridgehead atoms. The Morgan fingerprint density at radius 3 is 2.11 bits per heavy atom. The molecule has 0 fully saturated rings. The van der Waals surface area contributed by atoms with Crippen molar-refractivity contribution in [3.63, 3.8) is 0 Å². The number of aromatic nitrogens is 3. The van der Waals surface area contributed by atoms with Gasteiger partial charge in [0.1, 0.15) is 11.1 Å². The molecule has 8 rings (SSSR count). The topological polar surface area (TPSA) is 51.8 Å². The Bertz CT molecular complexity index is 2870. The zero-order valence-electron chi connectivity index (χ0n) is 39.7. The first-order valence-electron chi connectivity index (χ1n) is 21.6. The molecule has 57 heavy (non-hydrogen) atoms. The van der Waals surface area contributed by atoms with Crippen molar-refractivity contribution in [2.45, 2.75) is 100 Å². The summed E-state index contributed by atoms with van der Waals surface area (Å²) in [6, 6.07) is 31.6. The van der Waals surface area contributed by atoms with E-state index in [0.29, 0.717) is 16.8 Å². The van der Waals surface area contributed by atoms with Crippen LogP contribution in [-0.2, 0) is 37.3 Å². The molecule has 1 radical (unpaired) electrons. The van der Waals surface area contributed by atoms with Crippen molar-refractivity contribution in [2.75, 3.05) is 0 Å². The Morgan fingerprint density at radius 2 is 1.49 bits per heavy atom. The number of thiazole rings is 1. The third-order valence-electron chi connectivity index (χ3n) is 9.69. The van der Waals surface area contributed by atoms with Crippen LogP contribution in [0.25, 0.3) is 65.8 Å². The first-order chi connectivity index (χ1) is 28.4. The van der Waals surface area contributed by atoms with E-state index >= 15 is 0 Å². The van der Waals surface area contributed by atoms with Crippen molar-refractivity contribution in [2.24, 2.45) is 5.41 Å². The van der Waals surface area contributed by atoms with E-state index in [-0.39, 0.29) is 36.5 Å². The summed E-state index contributed by atoms with van der Waals surface area (Å²) in [5, 5.41) is 3.26. The zero-order valence-corrected chi connectivity index (χ0v) is 37.9. The van der Waals surface area contributed by atoms with Gasteiger partial charge in [0.05, 0.1) is 15.3 Å². The Hall–Kier alpha value is -4.48. The molecule has 4 aromatic carbocycles. The first-order valence-corrected chi connectivity index (χ1v) is 19.9. The molecule has 6 heteroatoms. The minimum atomic E-state index is -2.14. The molecule has 4 nitrogen and oxygen atoms in total. The molecular weight excluding hydrogens is 895 g/mol. The van der Waals surface area contributed by atoms with E-state index in [1.165, 1.54) is 40.1 Å². The third-order valence-corrected chi connectivity index (χ3v) is 11.1. The largest absolute Gasteiger partial charge is 0.498 e. The summed E-state index contributed by atoms with van der Waals surface area (Å²) in [5.41, 5.74) is 12.1. The van der Waals surface area contributed by atoms with Gasteiger partial charge in [0.25, 0.3) is 0 Å². The smallest absolute Gasteiger partial charge is 0.148 e. The molecule has 4 heterocycles. The fourth-order valence-corrected chi connectivity index (χ4v) is 8.00. The molecule has 0 atom stereocenters. The second kappa shape index (κ2) is 16.0. The number of pyridine rings is 2. The van der Waals surface area contributed by atoms with Gasteiger partial charge in [-0.15, -0.1) is 64.9 Å². The van der Waals surface area contributed by atoms with Crippen LogP contribution in [0, 0.1) is 38.2 Å². The summed E-state index contributed by atoms with van der Waals surface area (Å²) in [4.78, 5) is 14.3. The Kier molecular flexibility index (Phi) is 10.0. The van der Waals surface area contributed by atoms with Crippen LogP contribution in [0.2, 0.25) is 0 Å². The van der Waals surface area contributed by atoms with E-state index in [1.54, 1.807) is 35.6 Å². The van der Waals surface area contributed by atoms with Crippen molar-refractivity contribution in [1.29, 1.82) is 0 Å². The van der Waals surface area contributed by atoms with Gasteiger partial charge in [-0.2, -0.15) is 0 Å². The van der Waals surface area contributed by atoms with Gasteiger partial charge in [-0.25, -0.2) is 4.98 Å². The average Bonchev–Trinajstić information content (AvgIpc) is 3.80. The van der Waals surface area contributed by atoms with Gasteiger partial charge in [0.2, 0.25) is 0 Å². The van der Waals surface area contributed by atoms with E-state index < -0.39 is 18.6 Å². The first kappa shape index (κ1) is 35.7. The van der Waals surface area contributed by atoms with Crippen LogP contribution < -0.4 is 0 Å². The van der Waals surface area contributed by atoms with Crippen LogP contribution in [-0.4, -0.2) is 15.0 Å². The molecule has 0 aliphatic rings. The molecule has 295 valence electrons. The second-order valence-corrected chi connectivity index (χ2v) is 18.7. The number of aryl methyl sites for hydroxylation is 3. The molecule has 0 spiro atoms. The summed E-state index contributed by atoms with van der Waals surface area (Å²) < 4.78 is 46.4. The summed E-state index contributed by atoms with van der Waals surface area (Å²) in [5.74, 6) is 0. The van der Waals surface area contributed by atoms with Crippen molar-refractivity contribution >= 4 is 43.5 Å². The van der Waals surface area contributed by atoms with Gasteiger partial charge in [-0.05, 0) is 81.9 Å². The molecule has 8 aromatic rings. The minimum Gasteiger partial charge on any atom is -0.498 e. The molecule has 0 amide bonds. The SMILES string of the molecule is Cc1cccc(C)c1-c1cc(-c2[c-]ccc3c2oc2c3ccc3sc(C(C)(C)C)nc32)ncc1C(C)(C)C.[2H]C([2H])([2H])c1c[c-]c(-c2ccc(C([2H])([2H])C(C)(C)C)cn2)cc1.[Ir]. The van der Waals surface area contributed by atoms with Gasteiger partial charge in [-0.3, -0.25) is 0 Å². The number of hydrogen-bond donors (Lipinski definition) is 0. The van der Waals surface area contributed by atoms with E-state index in [0.717, 1.165) is 48.4 Å². The quantitative estimate of drug-likeness (QED) is 0.165. The molecule has 4 aromatic heterocycles. The van der Waals surface area contributed by atoms with Crippen LogP contribution in [0.1, 0.15) is 102 Å². The number of fused-ring (bicyclic) bond motifs is 5. The Balaban J connectivity index is 0.000000230. The minimum absolute atomic E-state index is 0. The third kappa shape index (κ3) is 8.99. The second-order valence-electron chi connectivity index (χ2n) is 17.7. The maximum Gasteiger partial charge on any atom is 0.148 e. The fraction of sp³-hybridized carbons (Fsp3) is 0.314. The summed E-state index contributed by atoms with van der Waals surface area (Å²) in [7, 11) is 0. The standard InChI is InChI=1S/C34H33N2OS.C17H20N.Ir/c1-19-11-9-12-20(2)28(19)24-17-26(35-18-25(24)33(3,4)5)23-14-10-13-21-22-15-16-27-29(31(22)37-30(21)23)36-32(38-27)34(6,7)8;1-13-5-8-15(9-6-13)16-10-7-14(12-18-16)11-17(2,3)4;/h9-13,15-18H,1-8H3;5-8,10,12H,11H2,1-4H3;/q2*-1;/i;1D3,11D2;. The van der Waals surface area contributed by atoms with Gasteiger partial charge in [0, 0.05) is 50.2 Å². The average molecular weight is 953 g/mol. The summed E-state index contributed by atoms with van der Waals surface area (Å²) >= 11 is 1.74. The maximum atomic E-state index is 8.25. The van der Waals surface area contributed by atoms with Gasteiger partial charge >= 0.3 is 0 Å². The maximum absolute atomic E-state index is 8.25. The van der Waals surface area contributed by atoms with Gasteiger partial charge in [0.15, 0.2) is 0 Å². The zero-order chi connectivity index (χ0) is 44.4. The fourth-order valence-electron chi connectivity index (χ4n) is 6.98. The van der Waals surface area contributed by atoms with Crippen LogP contribution in [0.5, 0.6) is 0 Å². The molecule has 0 N–H and O–H groups in total. The molecule has 0 saturated heterocycles. The predicted octanol–water partition coefficient (Wildman–Crippen LogP) is 14.4. The predicted molar refractivity (Wildman–Crippen MR) is 238 cm³/mol. The van der Waals surface area contributed by atoms with E-state index in [1.807, 2.05) is 33.0 Å². The number of benzene rings is 4. The van der Waals surface area contributed by atoms with Gasteiger partial charge in [-0.1, -0.05) is 123 Å². The Morgan fingerprint density at radius 1 is 0.772 bits per heavy atom. The molecule has 0 aliphatic heterocycles. The van der Waals surface area contributed by atoms with Crippen LogP contribution in [0.15, 0.2) is 95.7 Å². The number of furan rings is 1. The van der Waals surface area contributed by atoms with Crippen molar-refractivity contribution in [3.8, 4) is 33.6 Å². The van der Waals surface area contributed by atoms with Crippen LogP contribution >= 0.6 is 11.3 Å². The molecule has 0 saturated carbocycles. The number of nitrogens with zero attached hydrogens (tertiary/aromatic N) is 3. The van der Waals surface area contributed by atoms with Crippen molar-refractivity contribution < 1.29 is 31.4 Å². The number of hydrogen-bond acceptors (Lipinski definition) is 5. The monoisotopic (exact) mass is 953 g/mol. The van der Waals surface area contributed by atoms with Crippen molar-refractivity contribution in [3.05, 3.63) is 136 Å². The van der Waals surface area contributed by atoms with Crippen LogP contribution in [0.3, 0.4) is 0 Å². The summed E-state index contributed by atoms with van der Waals surface area (Å²) in [6.07, 6.45) is 2.08. The van der Waals surface area contributed by atoms with Gasteiger partial charge < -0.3 is 14.4 Å². The van der Waals surface area contributed by atoms with Crippen LogP contribution in [0.4, 0.5) is 0 Å². The number of rotatable bonds is 4. The normalized spacial score (nSPS) is 13.9. The Labute approximate surface area is 363 Å². The van der Waals surface area contributed by atoms with Crippen molar-refractivity contribution in [1.82, 2.24) is 15.0 Å². The molecule has 0 aliphatic carbocycles. The van der Waals surface area contributed by atoms with E-state index in [2.05, 4.69) is 115 Å². The van der Waals surface area contributed by atoms with E-state index in [4.69, 9.17) is 21.2 Å². The summed E-state index contributed by atoms with van der Waals surface area (Å²) in [6.45, 7) is 21.1. The molecular formula is C51H53IrN3OS-2. The molecule has 0 unspecified atom stereocenters. The van der Waals surface area contributed by atoms with E-state index in [9.17, 15) is 0 Å².